The van der Waals surface area contributed by atoms with E-state index in [1.807, 2.05) is 18.2 Å². The second-order valence-electron chi connectivity index (χ2n) is 7.63. The van der Waals surface area contributed by atoms with Gasteiger partial charge in [-0.05, 0) is 51.9 Å². The minimum atomic E-state index is 1.15. The Balaban J connectivity index is 1.55. The number of hydrogen-bond donors (Lipinski definition) is 0. The molecular formula is C31H26. The van der Waals surface area contributed by atoms with E-state index in [0.29, 0.717) is 0 Å². The fourth-order valence-electron chi connectivity index (χ4n) is 3.60. The molecule has 0 radical (unpaired) electrons. The minimum Gasteiger partial charge on any atom is -0.0990 e. The molecule has 0 unspecified atom stereocenters. The lowest BCUT2D eigenvalue weighted by Gasteiger charge is -2.07. The van der Waals surface area contributed by atoms with E-state index in [2.05, 4.69) is 123 Å². The molecule has 0 N–H and O–H groups in total. The van der Waals surface area contributed by atoms with E-state index in [9.17, 15) is 0 Å². The number of rotatable bonds is 6. The number of hydrogen-bond acceptors (Lipinski definition) is 0. The van der Waals surface area contributed by atoms with Crippen LogP contribution in [0.3, 0.4) is 0 Å². The van der Waals surface area contributed by atoms with Gasteiger partial charge in [0.15, 0.2) is 0 Å². The largest absolute Gasteiger partial charge is 0.0990 e. The van der Waals surface area contributed by atoms with E-state index in [-0.39, 0.29) is 0 Å². The number of allylic oxidation sites excluding steroid dienone is 4. The van der Waals surface area contributed by atoms with Crippen LogP contribution in [0.5, 0.6) is 0 Å². The summed E-state index contributed by atoms with van der Waals surface area (Å²) in [6.07, 6.45) is 8.18. The van der Waals surface area contributed by atoms with Gasteiger partial charge in [0.1, 0.15) is 0 Å². The summed E-state index contributed by atoms with van der Waals surface area (Å²) in [5, 5.41) is 0. The van der Waals surface area contributed by atoms with E-state index >= 15 is 0 Å². The maximum absolute atomic E-state index is 3.86. The quantitative estimate of drug-likeness (QED) is 0.285. The average Bonchev–Trinajstić information content (AvgIpc) is 2.83. The first-order chi connectivity index (χ1) is 15.2. The fraction of sp³-hybridized carbons (Fsp3) is 0.0323. The third-order valence-electron chi connectivity index (χ3n) is 5.35. The van der Waals surface area contributed by atoms with Gasteiger partial charge < -0.3 is 0 Å². The van der Waals surface area contributed by atoms with Crippen LogP contribution in [0.1, 0.15) is 16.7 Å². The Morgan fingerprint density at radius 3 is 1.90 bits per heavy atom. The van der Waals surface area contributed by atoms with Gasteiger partial charge >= 0.3 is 0 Å². The second kappa shape index (κ2) is 9.73. The van der Waals surface area contributed by atoms with Crippen LogP contribution in [-0.2, 0) is 0 Å². The maximum atomic E-state index is 3.86. The SMILES string of the molecule is C=C/C=C(\C=C/c1ccc(-c2cccc(-c3ccccc3)c2)cc1)c1ccc(C)cc1. The topological polar surface area (TPSA) is 0 Å². The second-order valence-corrected chi connectivity index (χ2v) is 7.63. The fourth-order valence-corrected chi connectivity index (χ4v) is 3.60. The van der Waals surface area contributed by atoms with Gasteiger partial charge in [-0.15, -0.1) is 0 Å². The summed E-state index contributed by atoms with van der Waals surface area (Å²) in [7, 11) is 0. The smallest absolute Gasteiger partial charge is 0.0178 e. The summed E-state index contributed by atoms with van der Waals surface area (Å²) in [6, 6.07) is 36.5. The Bertz CT molecular complexity index is 1210. The number of aryl methyl sites for hydroxylation is 1. The molecule has 0 nitrogen and oxygen atoms in total. The van der Waals surface area contributed by atoms with Gasteiger partial charge in [-0.1, -0.05) is 134 Å². The normalized spacial score (nSPS) is 11.6. The van der Waals surface area contributed by atoms with Gasteiger partial charge in [-0.3, -0.25) is 0 Å². The van der Waals surface area contributed by atoms with Crippen LogP contribution in [0.2, 0.25) is 0 Å². The minimum absolute atomic E-state index is 1.15. The summed E-state index contributed by atoms with van der Waals surface area (Å²) >= 11 is 0. The predicted octanol–water partition coefficient (Wildman–Crippen LogP) is 8.61. The molecular weight excluding hydrogens is 372 g/mol. The van der Waals surface area contributed by atoms with Gasteiger partial charge in [0.25, 0.3) is 0 Å². The van der Waals surface area contributed by atoms with Gasteiger partial charge in [-0.2, -0.15) is 0 Å². The van der Waals surface area contributed by atoms with Crippen LogP contribution >= 0.6 is 0 Å². The molecule has 0 amide bonds. The molecule has 0 bridgehead atoms. The molecule has 0 aromatic heterocycles. The van der Waals surface area contributed by atoms with E-state index in [4.69, 9.17) is 0 Å². The van der Waals surface area contributed by atoms with E-state index in [1.165, 1.54) is 38.9 Å². The summed E-state index contributed by atoms with van der Waals surface area (Å²) in [5.41, 5.74) is 9.69. The van der Waals surface area contributed by atoms with Crippen molar-refractivity contribution in [2.45, 2.75) is 6.92 Å². The molecule has 0 aliphatic rings. The monoisotopic (exact) mass is 398 g/mol. The zero-order chi connectivity index (χ0) is 21.5. The first kappa shape index (κ1) is 20.4. The number of benzene rings is 4. The summed E-state index contributed by atoms with van der Waals surface area (Å²) in [5.74, 6) is 0. The van der Waals surface area contributed by atoms with E-state index < -0.39 is 0 Å². The van der Waals surface area contributed by atoms with Crippen molar-refractivity contribution in [1.82, 2.24) is 0 Å². The van der Waals surface area contributed by atoms with Crippen molar-refractivity contribution >= 4 is 11.6 Å². The molecule has 0 aliphatic carbocycles. The molecule has 0 heterocycles. The van der Waals surface area contributed by atoms with Gasteiger partial charge in [0.05, 0.1) is 0 Å². The summed E-state index contributed by atoms with van der Waals surface area (Å²) in [6.45, 7) is 5.97. The summed E-state index contributed by atoms with van der Waals surface area (Å²) in [4.78, 5) is 0. The van der Waals surface area contributed by atoms with Gasteiger partial charge in [0.2, 0.25) is 0 Å². The molecule has 0 spiro atoms. The first-order valence-corrected chi connectivity index (χ1v) is 10.6. The predicted molar refractivity (Wildman–Crippen MR) is 136 cm³/mol. The van der Waals surface area contributed by atoms with Crippen molar-refractivity contribution in [1.29, 1.82) is 0 Å². The third kappa shape index (κ3) is 5.18. The van der Waals surface area contributed by atoms with Crippen LogP contribution in [0, 0.1) is 6.92 Å². The first-order valence-electron chi connectivity index (χ1n) is 10.6. The van der Waals surface area contributed by atoms with Crippen molar-refractivity contribution < 1.29 is 0 Å². The van der Waals surface area contributed by atoms with Crippen molar-refractivity contribution in [2.75, 3.05) is 0 Å². The van der Waals surface area contributed by atoms with E-state index in [1.54, 1.807) is 0 Å². The molecule has 4 aromatic rings. The molecule has 0 saturated heterocycles. The highest BCUT2D eigenvalue weighted by Gasteiger charge is 2.02. The van der Waals surface area contributed by atoms with Crippen molar-refractivity contribution in [3.63, 3.8) is 0 Å². The summed E-state index contributed by atoms with van der Waals surface area (Å²) < 4.78 is 0. The molecule has 0 aliphatic heterocycles. The highest BCUT2D eigenvalue weighted by molar-refractivity contribution is 5.80. The Hall–Kier alpha value is -3.90. The van der Waals surface area contributed by atoms with Gasteiger partial charge in [-0.25, -0.2) is 0 Å². The maximum Gasteiger partial charge on any atom is -0.0178 e. The third-order valence-corrected chi connectivity index (χ3v) is 5.35. The molecule has 4 aromatic carbocycles. The lowest BCUT2D eigenvalue weighted by molar-refractivity contribution is 1.45. The lowest BCUT2D eigenvalue weighted by atomic mass is 9.98. The Morgan fingerprint density at radius 2 is 1.26 bits per heavy atom. The molecule has 0 saturated carbocycles. The Morgan fingerprint density at radius 1 is 0.645 bits per heavy atom. The molecule has 4 rings (SSSR count). The van der Waals surface area contributed by atoms with Crippen LogP contribution in [0.15, 0.2) is 128 Å². The molecule has 0 fully saturated rings. The molecule has 0 heteroatoms. The highest BCUT2D eigenvalue weighted by atomic mass is 14.1. The Kier molecular flexibility index (Phi) is 6.40. The Labute approximate surface area is 185 Å². The zero-order valence-electron chi connectivity index (χ0n) is 17.8. The molecule has 150 valence electrons. The van der Waals surface area contributed by atoms with Crippen LogP contribution in [0.25, 0.3) is 33.9 Å². The van der Waals surface area contributed by atoms with E-state index in [0.717, 1.165) is 5.57 Å². The van der Waals surface area contributed by atoms with Crippen molar-refractivity contribution in [2.24, 2.45) is 0 Å². The highest BCUT2D eigenvalue weighted by Crippen LogP contribution is 2.27. The zero-order valence-corrected chi connectivity index (χ0v) is 17.8. The average molecular weight is 399 g/mol. The van der Waals surface area contributed by atoms with Crippen LogP contribution in [-0.4, -0.2) is 0 Å². The van der Waals surface area contributed by atoms with Crippen LogP contribution < -0.4 is 0 Å². The molecule has 0 atom stereocenters. The molecule has 31 heavy (non-hydrogen) atoms. The lowest BCUT2D eigenvalue weighted by Crippen LogP contribution is -1.83. The van der Waals surface area contributed by atoms with Crippen molar-refractivity contribution in [3.8, 4) is 22.3 Å². The van der Waals surface area contributed by atoms with Gasteiger partial charge in [0, 0.05) is 0 Å². The van der Waals surface area contributed by atoms with Crippen molar-refractivity contribution in [3.05, 3.63) is 145 Å². The van der Waals surface area contributed by atoms with Crippen LogP contribution in [0.4, 0.5) is 0 Å². The standard InChI is InChI=1S/C31H26/c1-3-8-26(28-18-13-24(2)14-19-28)20-15-25-16-21-29(22-17-25)31-12-7-11-30(23-31)27-9-5-4-6-10-27/h3-23H,1H2,2H3/b20-15-,26-8+.